The van der Waals surface area contributed by atoms with Crippen molar-refractivity contribution in [2.45, 2.75) is 142 Å². The maximum absolute atomic E-state index is 6.23. The smallest absolute Gasteiger partial charge is 0.00387 e. The van der Waals surface area contributed by atoms with Gasteiger partial charge in [0, 0.05) is 6.04 Å². The van der Waals surface area contributed by atoms with Crippen molar-refractivity contribution in [2.24, 2.45) is 11.7 Å². The number of nitrogens with two attached hydrogens (primary N) is 1. The van der Waals surface area contributed by atoms with Gasteiger partial charge in [0.1, 0.15) is 0 Å². The molecule has 1 heteroatoms. The maximum atomic E-state index is 6.23. The largest absolute Gasteiger partial charge is 0.328 e. The molecule has 2 N–H and O–H groups in total. The zero-order valence-corrected chi connectivity index (χ0v) is 17.5. The van der Waals surface area contributed by atoms with E-state index in [-0.39, 0.29) is 0 Å². The highest BCUT2D eigenvalue weighted by Gasteiger charge is 2.12. The molecule has 0 fully saturated rings. The lowest BCUT2D eigenvalue weighted by atomic mass is 9.89. The lowest BCUT2D eigenvalue weighted by molar-refractivity contribution is 0.354. The summed E-state index contributed by atoms with van der Waals surface area (Å²) in [5.74, 6) is 0.769. The second-order valence-electron chi connectivity index (χ2n) is 8.15. The van der Waals surface area contributed by atoms with Gasteiger partial charge in [0.15, 0.2) is 0 Å². The lowest BCUT2D eigenvalue weighted by Crippen LogP contribution is -2.26. The Kier molecular flexibility index (Phi) is 19.3. The molecular weight excluding hydrogens is 290 g/mol. The minimum Gasteiger partial charge on any atom is -0.328 e. The van der Waals surface area contributed by atoms with Gasteiger partial charge in [-0.15, -0.1) is 0 Å². The van der Waals surface area contributed by atoms with E-state index in [0.29, 0.717) is 6.04 Å². The van der Waals surface area contributed by atoms with Gasteiger partial charge in [0.25, 0.3) is 0 Å². The molecule has 0 aromatic rings. The molecule has 1 nitrogen and oxygen atoms in total. The van der Waals surface area contributed by atoms with E-state index < -0.39 is 0 Å². The van der Waals surface area contributed by atoms with Gasteiger partial charge in [-0.05, 0) is 25.7 Å². The third kappa shape index (κ3) is 16.8. The van der Waals surface area contributed by atoms with E-state index in [1.54, 1.807) is 0 Å². The van der Waals surface area contributed by atoms with Crippen LogP contribution in [0.5, 0.6) is 0 Å². The molecule has 0 aromatic carbocycles. The Morgan fingerprint density at radius 1 is 0.500 bits per heavy atom. The fourth-order valence-electron chi connectivity index (χ4n) is 3.75. The van der Waals surface area contributed by atoms with Crippen molar-refractivity contribution in [3.8, 4) is 0 Å². The Morgan fingerprint density at radius 2 is 0.792 bits per heavy atom. The maximum Gasteiger partial charge on any atom is 0.00387 e. The predicted octanol–water partition coefficient (Wildman–Crippen LogP) is 8.01. The first-order chi connectivity index (χ1) is 11.7. The normalized spacial score (nSPS) is 12.9. The second-order valence-corrected chi connectivity index (χ2v) is 8.15. The van der Waals surface area contributed by atoms with Crippen molar-refractivity contribution >= 4 is 0 Å². The molecule has 0 aliphatic carbocycles. The first kappa shape index (κ1) is 24.0. The molecule has 1 unspecified atom stereocenters. The van der Waals surface area contributed by atoms with Crippen LogP contribution in [0.3, 0.4) is 0 Å². The molecule has 0 saturated heterocycles. The second kappa shape index (κ2) is 19.3. The summed E-state index contributed by atoms with van der Waals surface area (Å²) in [6.07, 6.45) is 25.5. The van der Waals surface area contributed by atoms with Gasteiger partial charge in [-0.1, -0.05) is 117 Å². The standard InChI is InChI=1S/C23H49N/c1-4-6-8-10-12-14-16-18-20-23(22(3)24)21-19-17-15-13-11-9-7-5-2/h22-23H,4-21,24H2,1-3H3. The highest BCUT2D eigenvalue weighted by Crippen LogP contribution is 2.21. The van der Waals surface area contributed by atoms with E-state index in [1.165, 1.54) is 116 Å². The molecule has 0 spiro atoms. The van der Waals surface area contributed by atoms with Crippen LogP contribution < -0.4 is 5.73 Å². The Hall–Kier alpha value is -0.0400. The summed E-state index contributed by atoms with van der Waals surface area (Å²) in [6.45, 7) is 6.81. The average molecular weight is 340 g/mol. The molecule has 0 aliphatic rings. The number of rotatable bonds is 19. The molecule has 0 heterocycles. The minimum absolute atomic E-state index is 0.388. The summed E-state index contributed by atoms with van der Waals surface area (Å²) < 4.78 is 0. The molecule has 0 aromatic heterocycles. The van der Waals surface area contributed by atoms with Gasteiger partial charge < -0.3 is 5.73 Å². The van der Waals surface area contributed by atoms with Crippen molar-refractivity contribution in [3.63, 3.8) is 0 Å². The van der Waals surface area contributed by atoms with Crippen LogP contribution >= 0.6 is 0 Å². The fraction of sp³-hybridized carbons (Fsp3) is 1.00. The zero-order chi connectivity index (χ0) is 17.9. The number of unbranched alkanes of at least 4 members (excludes halogenated alkanes) is 14. The highest BCUT2D eigenvalue weighted by molar-refractivity contribution is 4.69. The third-order valence-electron chi connectivity index (χ3n) is 5.60. The van der Waals surface area contributed by atoms with E-state index in [2.05, 4.69) is 20.8 Å². The van der Waals surface area contributed by atoms with Crippen LogP contribution in [0.4, 0.5) is 0 Å². The average Bonchev–Trinajstić information content (AvgIpc) is 2.57. The summed E-state index contributed by atoms with van der Waals surface area (Å²) in [5, 5.41) is 0. The Balaban J connectivity index is 3.47. The quantitative estimate of drug-likeness (QED) is 0.237. The van der Waals surface area contributed by atoms with E-state index in [1.807, 2.05) is 0 Å². The van der Waals surface area contributed by atoms with Gasteiger partial charge in [-0.25, -0.2) is 0 Å². The van der Waals surface area contributed by atoms with E-state index in [0.717, 1.165) is 5.92 Å². The molecule has 0 bridgehead atoms. The van der Waals surface area contributed by atoms with E-state index >= 15 is 0 Å². The van der Waals surface area contributed by atoms with Crippen molar-refractivity contribution in [1.29, 1.82) is 0 Å². The minimum atomic E-state index is 0.388. The van der Waals surface area contributed by atoms with Crippen molar-refractivity contribution in [3.05, 3.63) is 0 Å². The van der Waals surface area contributed by atoms with Crippen molar-refractivity contribution < 1.29 is 0 Å². The fourth-order valence-corrected chi connectivity index (χ4v) is 3.75. The molecule has 0 aliphatic heterocycles. The van der Waals surface area contributed by atoms with Crippen LogP contribution in [0.25, 0.3) is 0 Å². The summed E-state index contributed by atoms with van der Waals surface area (Å²) in [6, 6.07) is 0.388. The summed E-state index contributed by atoms with van der Waals surface area (Å²) in [4.78, 5) is 0. The highest BCUT2D eigenvalue weighted by atomic mass is 14.6. The molecule has 146 valence electrons. The zero-order valence-electron chi connectivity index (χ0n) is 17.5. The summed E-state index contributed by atoms with van der Waals surface area (Å²) in [5.41, 5.74) is 6.23. The van der Waals surface area contributed by atoms with Crippen LogP contribution in [0.2, 0.25) is 0 Å². The van der Waals surface area contributed by atoms with Crippen molar-refractivity contribution in [2.75, 3.05) is 0 Å². The Morgan fingerprint density at radius 3 is 1.08 bits per heavy atom. The first-order valence-electron chi connectivity index (χ1n) is 11.5. The first-order valence-corrected chi connectivity index (χ1v) is 11.5. The molecule has 1 atom stereocenters. The van der Waals surface area contributed by atoms with Crippen molar-refractivity contribution in [1.82, 2.24) is 0 Å². The van der Waals surface area contributed by atoms with Crippen LogP contribution in [-0.4, -0.2) is 6.04 Å². The molecule has 24 heavy (non-hydrogen) atoms. The van der Waals surface area contributed by atoms with Gasteiger partial charge in [-0.3, -0.25) is 0 Å². The van der Waals surface area contributed by atoms with Gasteiger partial charge in [-0.2, -0.15) is 0 Å². The van der Waals surface area contributed by atoms with E-state index in [9.17, 15) is 0 Å². The summed E-state index contributed by atoms with van der Waals surface area (Å²) >= 11 is 0. The Labute approximate surface area is 154 Å². The monoisotopic (exact) mass is 339 g/mol. The molecule has 0 radical (unpaired) electrons. The lowest BCUT2D eigenvalue weighted by Gasteiger charge is -2.20. The third-order valence-corrected chi connectivity index (χ3v) is 5.60. The Bertz CT molecular complexity index is 204. The number of hydrogen-bond donors (Lipinski definition) is 1. The molecule has 0 amide bonds. The van der Waals surface area contributed by atoms with Crippen LogP contribution in [0, 0.1) is 5.92 Å². The van der Waals surface area contributed by atoms with Gasteiger partial charge in [0.05, 0.1) is 0 Å². The van der Waals surface area contributed by atoms with Gasteiger partial charge >= 0.3 is 0 Å². The molecule has 0 saturated carbocycles. The van der Waals surface area contributed by atoms with Crippen LogP contribution in [-0.2, 0) is 0 Å². The van der Waals surface area contributed by atoms with Crippen LogP contribution in [0.15, 0.2) is 0 Å². The number of hydrogen-bond acceptors (Lipinski definition) is 1. The molecule has 0 rings (SSSR count). The SMILES string of the molecule is CCCCCCCCCCC(CCCCCCCCCC)C(C)N. The summed E-state index contributed by atoms with van der Waals surface area (Å²) in [7, 11) is 0. The van der Waals surface area contributed by atoms with Gasteiger partial charge in [0.2, 0.25) is 0 Å². The molecular formula is C23H49N. The van der Waals surface area contributed by atoms with Crippen LogP contribution in [0.1, 0.15) is 136 Å². The van der Waals surface area contributed by atoms with E-state index in [4.69, 9.17) is 5.73 Å². The predicted molar refractivity (Wildman–Crippen MR) is 112 cm³/mol. The topological polar surface area (TPSA) is 26.0 Å².